The number of halogens is 4. The van der Waals surface area contributed by atoms with Gasteiger partial charge in [-0.05, 0) is 37.5 Å². The van der Waals surface area contributed by atoms with Gasteiger partial charge >= 0.3 is 11.9 Å². The fourth-order valence-electron chi connectivity index (χ4n) is 3.37. The minimum atomic E-state index is -2.62. The van der Waals surface area contributed by atoms with Crippen molar-refractivity contribution in [2.45, 2.75) is 75.3 Å². The van der Waals surface area contributed by atoms with E-state index in [-0.39, 0.29) is 50.4 Å². The molecule has 10 heteroatoms. The van der Waals surface area contributed by atoms with E-state index < -0.39 is 35.9 Å². The van der Waals surface area contributed by atoms with Crippen molar-refractivity contribution in [2.75, 3.05) is 7.11 Å². The molecule has 158 valence electrons. The summed E-state index contributed by atoms with van der Waals surface area (Å²) in [6.45, 7) is 0. The monoisotopic (exact) mass is 400 g/mol. The van der Waals surface area contributed by atoms with Crippen molar-refractivity contribution >= 4 is 11.9 Å². The number of methoxy groups -OCH3 is 1. The van der Waals surface area contributed by atoms with Crippen molar-refractivity contribution in [3.05, 3.63) is 0 Å². The van der Waals surface area contributed by atoms with Gasteiger partial charge in [-0.1, -0.05) is 0 Å². The number of aliphatic carboxylic acids is 1. The molecule has 5 N–H and O–H groups in total. The summed E-state index contributed by atoms with van der Waals surface area (Å²) >= 11 is 0. The van der Waals surface area contributed by atoms with Crippen molar-refractivity contribution < 1.29 is 37.0 Å². The lowest BCUT2D eigenvalue weighted by Crippen LogP contribution is -2.42. The van der Waals surface area contributed by atoms with Crippen molar-refractivity contribution in [3.8, 4) is 0 Å². The van der Waals surface area contributed by atoms with Crippen LogP contribution < -0.4 is 11.5 Å². The normalized spacial score (nSPS) is 24.9. The topological polar surface area (TPSA) is 116 Å². The molecule has 0 heterocycles. The standard InChI is InChI=1S/C9H15F2NO2.C8H13F2NO2/c1-14-8(13)7(12)6-2-4-9(10,11)5-3-6;9-8(10)3-1-5(2-4-8)6(11)7(12)13/h6-7H,2-5,12H2,1H3;5-6H,1-4,11H2,(H,12,13)/t7-;6-/m00/s1. The Balaban J connectivity index is 0.000000271. The molecule has 0 aromatic carbocycles. The molecule has 2 aliphatic rings. The Bertz CT molecular complexity index is 499. The molecule has 0 bridgehead atoms. The van der Waals surface area contributed by atoms with Gasteiger partial charge in [-0.3, -0.25) is 9.59 Å². The first-order valence-electron chi connectivity index (χ1n) is 8.96. The molecule has 2 saturated carbocycles. The maximum Gasteiger partial charge on any atom is 0.322 e. The number of carboxylic acid groups (broad SMARTS) is 1. The molecule has 2 rings (SSSR count). The Morgan fingerprint density at radius 2 is 1.22 bits per heavy atom. The van der Waals surface area contributed by atoms with E-state index in [0.29, 0.717) is 12.8 Å². The van der Waals surface area contributed by atoms with Crippen molar-refractivity contribution in [2.24, 2.45) is 23.3 Å². The van der Waals surface area contributed by atoms with E-state index in [1.807, 2.05) is 0 Å². The average molecular weight is 400 g/mol. The summed E-state index contributed by atoms with van der Waals surface area (Å²) in [7, 11) is 1.25. The minimum absolute atomic E-state index is 0.165. The van der Waals surface area contributed by atoms with Crippen molar-refractivity contribution in [1.29, 1.82) is 0 Å². The Morgan fingerprint density at radius 1 is 0.889 bits per heavy atom. The number of hydrogen-bond donors (Lipinski definition) is 3. The molecule has 2 aliphatic carbocycles. The van der Waals surface area contributed by atoms with Gasteiger partial charge in [0.15, 0.2) is 0 Å². The first-order chi connectivity index (χ1) is 12.4. The van der Waals surface area contributed by atoms with Crippen LogP contribution in [0.25, 0.3) is 0 Å². The third-order valence-electron chi connectivity index (χ3n) is 5.30. The number of esters is 1. The lowest BCUT2D eigenvalue weighted by molar-refractivity contribution is -0.145. The van der Waals surface area contributed by atoms with Gasteiger partial charge in [-0.2, -0.15) is 0 Å². The third kappa shape index (κ3) is 7.61. The second-order valence-electron chi connectivity index (χ2n) is 7.30. The van der Waals surface area contributed by atoms with E-state index in [1.54, 1.807) is 0 Å². The van der Waals surface area contributed by atoms with Crippen LogP contribution in [0, 0.1) is 11.8 Å². The number of nitrogens with two attached hydrogens (primary N) is 2. The molecular formula is C17H28F4N2O4. The fourth-order valence-corrected chi connectivity index (χ4v) is 3.37. The number of ether oxygens (including phenoxy) is 1. The highest BCUT2D eigenvalue weighted by Gasteiger charge is 2.39. The maximum atomic E-state index is 12.8. The van der Waals surface area contributed by atoms with E-state index in [0.717, 1.165) is 0 Å². The predicted molar refractivity (Wildman–Crippen MR) is 89.4 cm³/mol. The molecule has 0 radical (unpaired) electrons. The van der Waals surface area contributed by atoms with E-state index in [1.165, 1.54) is 7.11 Å². The number of alkyl halides is 4. The number of carbonyl (C=O) groups excluding carboxylic acids is 1. The first-order valence-corrected chi connectivity index (χ1v) is 8.96. The van der Waals surface area contributed by atoms with E-state index in [4.69, 9.17) is 16.6 Å². The van der Waals surface area contributed by atoms with Gasteiger partial charge in [0.2, 0.25) is 11.8 Å². The van der Waals surface area contributed by atoms with Crippen LogP contribution in [-0.2, 0) is 14.3 Å². The zero-order valence-electron chi connectivity index (χ0n) is 15.3. The van der Waals surface area contributed by atoms with Crippen LogP contribution in [0.1, 0.15) is 51.4 Å². The summed E-state index contributed by atoms with van der Waals surface area (Å²) in [5, 5.41) is 8.55. The minimum Gasteiger partial charge on any atom is -0.480 e. The van der Waals surface area contributed by atoms with Gasteiger partial charge in [0.1, 0.15) is 12.1 Å². The van der Waals surface area contributed by atoms with E-state index in [9.17, 15) is 27.2 Å². The third-order valence-corrected chi connectivity index (χ3v) is 5.30. The molecule has 2 atom stereocenters. The lowest BCUT2D eigenvalue weighted by atomic mass is 9.82. The SMILES string of the molecule is COC(=O)[C@@H](N)C1CCC(F)(F)CC1.N[C@H](C(=O)O)C1CCC(F)(F)CC1. The first kappa shape index (κ1) is 23.6. The van der Waals surface area contributed by atoms with Gasteiger partial charge in [0.25, 0.3) is 0 Å². The Kier molecular flexibility index (Phi) is 8.47. The number of rotatable bonds is 4. The highest BCUT2D eigenvalue weighted by Crippen LogP contribution is 2.38. The quantitative estimate of drug-likeness (QED) is 0.493. The Labute approximate surface area is 155 Å². The summed E-state index contributed by atoms with van der Waals surface area (Å²) < 4.78 is 55.3. The number of carbonyl (C=O) groups is 2. The second kappa shape index (κ2) is 9.68. The molecule has 27 heavy (non-hydrogen) atoms. The summed E-state index contributed by atoms with van der Waals surface area (Å²) in [5.74, 6) is -7.27. The summed E-state index contributed by atoms with van der Waals surface area (Å²) in [6, 6.07) is -1.74. The molecule has 0 amide bonds. The van der Waals surface area contributed by atoms with Crippen molar-refractivity contribution in [3.63, 3.8) is 0 Å². The molecule has 0 unspecified atom stereocenters. The smallest absolute Gasteiger partial charge is 0.322 e. The van der Waals surface area contributed by atoms with Crippen LogP contribution in [0.2, 0.25) is 0 Å². The molecule has 0 saturated heterocycles. The lowest BCUT2D eigenvalue weighted by Gasteiger charge is -2.30. The van der Waals surface area contributed by atoms with Gasteiger partial charge in [0.05, 0.1) is 7.11 Å². The van der Waals surface area contributed by atoms with Crippen LogP contribution in [-0.4, -0.2) is 48.1 Å². The largest absolute Gasteiger partial charge is 0.480 e. The second-order valence-corrected chi connectivity index (χ2v) is 7.30. The van der Waals surface area contributed by atoms with Gasteiger partial charge < -0.3 is 21.3 Å². The highest BCUT2D eigenvalue weighted by molar-refractivity contribution is 5.75. The van der Waals surface area contributed by atoms with Crippen molar-refractivity contribution in [1.82, 2.24) is 0 Å². The van der Waals surface area contributed by atoms with Crippen LogP contribution in [0.5, 0.6) is 0 Å². The summed E-state index contributed by atoms with van der Waals surface area (Å²) in [5.41, 5.74) is 10.9. The molecule has 0 aromatic rings. The molecule has 6 nitrogen and oxygen atoms in total. The van der Waals surface area contributed by atoms with E-state index >= 15 is 0 Å². The van der Waals surface area contributed by atoms with Gasteiger partial charge in [-0.25, -0.2) is 17.6 Å². The molecule has 2 fully saturated rings. The maximum absolute atomic E-state index is 12.8. The van der Waals surface area contributed by atoms with Gasteiger partial charge in [-0.15, -0.1) is 0 Å². The van der Waals surface area contributed by atoms with Crippen LogP contribution >= 0.6 is 0 Å². The van der Waals surface area contributed by atoms with Crippen LogP contribution in [0.4, 0.5) is 17.6 Å². The number of hydrogen-bond acceptors (Lipinski definition) is 5. The number of carboxylic acids is 1. The van der Waals surface area contributed by atoms with Gasteiger partial charge in [0, 0.05) is 25.7 Å². The zero-order valence-corrected chi connectivity index (χ0v) is 15.3. The fraction of sp³-hybridized carbons (Fsp3) is 0.882. The molecule has 0 aromatic heterocycles. The Hall–Kier alpha value is -1.42. The molecule has 0 spiro atoms. The van der Waals surface area contributed by atoms with Crippen LogP contribution in [0.3, 0.4) is 0 Å². The summed E-state index contributed by atoms with van der Waals surface area (Å²) in [4.78, 5) is 21.5. The van der Waals surface area contributed by atoms with E-state index in [2.05, 4.69) is 4.74 Å². The summed E-state index contributed by atoms with van der Waals surface area (Å²) in [6.07, 6.45) is 0.176. The van der Waals surface area contributed by atoms with Crippen LogP contribution in [0.15, 0.2) is 0 Å². The molecular weight excluding hydrogens is 372 g/mol. The Morgan fingerprint density at radius 3 is 1.52 bits per heavy atom. The highest BCUT2D eigenvalue weighted by atomic mass is 19.3. The predicted octanol–water partition coefficient (Wildman–Crippen LogP) is 2.54. The zero-order chi connectivity index (χ0) is 20.8. The average Bonchev–Trinajstić information content (AvgIpc) is 2.60. The molecule has 0 aliphatic heterocycles.